The predicted octanol–water partition coefficient (Wildman–Crippen LogP) is 3.11. The van der Waals surface area contributed by atoms with Crippen molar-refractivity contribution in [3.05, 3.63) is 11.6 Å². The summed E-state index contributed by atoms with van der Waals surface area (Å²) in [5.74, 6) is -5.63. The van der Waals surface area contributed by atoms with Crippen LogP contribution in [-0.4, -0.2) is 25.4 Å². The van der Waals surface area contributed by atoms with Crippen molar-refractivity contribution < 1.29 is 31.8 Å². The molecule has 0 bridgehead atoms. The topological polar surface area (TPSA) is 35.5 Å². The second-order valence-electron chi connectivity index (χ2n) is 3.13. The van der Waals surface area contributed by atoms with Gasteiger partial charge in [0.1, 0.15) is 0 Å². The molecular weight excluding hydrogens is 244 g/mol. The molecule has 0 N–H and O–H groups in total. The van der Waals surface area contributed by atoms with Crippen molar-refractivity contribution in [1.29, 1.82) is 0 Å². The molecule has 0 amide bonds. The molecule has 7 heteroatoms. The summed E-state index contributed by atoms with van der Waals surface area (Å²) in [6.07, 6.45) is -4.41. The van der Waals surface area contributed by atoms with Crippen molar-refractivity contribution in [2.75, 3.05) is 13.2 Å². The number of rotatable bonds is 6. The molecule has 0 atom stereocenters. The highest BCUT2D eigenvalue weighted by Gasteiger charge is 2.41. The minimum absolute atomic E-state index is 0.148. The van der Waals surface area contributed by atoms with E-state index < -0.39 is 23.7 Å². The highest BCUT2D eigenvalue weighted by Crippen LogP contribution is 2.30. The van der Waals surface area contributed by atoms with E-state index in [1.807, 2.05) is 0 Å². The lowest BCUT2D eigenvalue weighted by Crippen LogP contribution is -2.20. The molecule has 0 aromatic heterocycles. The SMILES string of the molecule is CCCOC(=O)/C(F)=C(\OCCC)C(F)(F)F. The number of allylic oxidation sites excluding steroid dienone is 1. The number of alkyl halides is 3. The summed E-state index contributed by atoms with van der Waals surface area (Å²) in [6, 6.07) is 0. The maximum atomic E-state index is 13.2. The number of carbonyl (C=O) groups is 1. The Morgan fingerprint density at radius 1 is 1.06 bits per heavy atom. The third kappa shape index (κ3) is 5.55. The van der Waals surface area contributed by atoms with E-state index in [1.54, 1.807) is 13.8 Å². The molecule has 0 aliphatic carbocycles. The van der Waals surface area contributed by atoms with Crippen molar-refractivity contribution in [3.63, 3.8) is 0 Å². The second kappa shape index (κ2) is 7.13. The van der Waals surface area contributed by atoms with Gasteiger partial charge >= 0.3 is 12.1 Å². The van der Waals surface area contributed by atoms with Crippen LogP contribution in [0.3, 0.4) is 0 Å². The fraction of sp³-hybridized carbons (Fsp3) is 0.700. The lowest BCUT2D eigenvalue weighted by atomic mass is 10.4. The minimum atomic E-state index is -5.05. The summed E-state index contributed by atoms with van der Waals surface area (Å²) < 4.78 is 58.7. The van der Waals surface area contributed by atoms with Crippen LogP contribution in [0.25, 0.3) is 0 Å². The zero-order chi connectivity index (χ0) is 13.5. The van der Waals surface area contributed by atoms with Crippen LogP contribution in [0, 0.1) is 0 Å². The van der Waals surface area contributed by atoms with Crippen LogP contribution in [0.2, 0.25) is 0 Å². The molecule has 0 aliphatic heterocycles. The van der Waals surface area contributed by atoms with Crippen molar-refractivity contribution in [2.24, 2.45) is 0 Å². The molecule has 0 radical (unpaired) electrons. The third-order valence-electron chi connectivity index (χ3n) is 1.52. The van der Waals surface area contributed by atoms with Crippen LogP contribution in [0.1, 0.15) is 26.7 Å². The Hall–Kier alpha value is -1.27. The first kappa shape index (κ1) is 15.7. The van der Waals surface area contributed by atoms with Gasteiger partial charge in [-0.25, -0.2) is 4.79 Å². The Morgan fingerprint density at radius 2 is 1.53 bits per heavy atom. The lowest BCUT2D eigenvalue weighted by molar-refractivity contribution is -0.149. The number of esters is 1. The molecule has 0 rings (SSSR count). The summed E-state index contributed by atoms with van der Waals surface area (Å²) >= 11 is 0. The van der Waals surface area contributed by atoms with E-state index in [0.29, 0.717) is 6.42 Å². The number of hydrogen-bond donors (Lipinski definition) is 0. The number of carbonyl (C=O) groups excluding carboxylic acids is 1. The third-order valence-corrected chi connectivity index (χ3v) is 1.52. The van der Waals surface area contributed by atoms with Crippen LogP contribution >= 0.6 is 0 Å². The minimum Gasteiger partial charge on any atom is -0.487 e. The molecule has 17 heavy (non-hydrogen) atoms. The van der Waals surface area contributed by atoms with E-state index in [4.69, 9.17) is 0 Å². The Kier molecular flexibility index (Phi) is 6.60. The van der Waals surface area contributed by atoms with Crippen LogP contribution in [-0.2, 0) is 14.3 Å². The van der Waals surface area contributed by atoms with Crippen LogP contribution in [0.5, 0.6) is 0 Å². The van der Waals surface area contributed by atoms with E-state index in [0.717, 1.165) is 0 Å². The van der Waals surface area contributed by atoms with Gasteiger partial charge in [-0.3, -0.25) is 0 Å². The summed E-state index contributed by atoms with van der Waals surface area (Å²) in [7, 11) is 0. The van der Waals surface area contributed by atoms with Gasteiger partial charge in [-0.05, 0) is 12.8 Å². The van der Waals surface area contributed by atoms with Gasteiger partial charge in [0, 0.05) is 0 Å². The fourth-order valence-corrected chi connectivity index (χ4v) is 0.825. The highest BCUT2D eigenvalue weighted by molar-refractivity contribution is 5.86. The highest BCUT2D eigenvalue weighted by atomic mass is 19.4. The average molecular weight is 258 g/mol. The number of halogens is 4. The first-order chi connectivity index (χ1) is 7.84. The molecule has 0 spiro atoms. The molecule has 0 saturated carbocycles. The number of hydrogen-bond acceptors (Lipinski definition) is 3. The van der Waals surface area contributed by atoms with E-state index >= 15 is 0 Å². The first-order valence-corrected chi connectivity index (χ1v) is 5.11. The molecular formula is C10H14F4O3. The molecule has 0 aromatic carbocycles. The van der Waals surface area contributed by atoms with Gasteiger partial charge in [0.25, 0.3) is 5.83 Å². The summed E-state index contributed by atoms with van der Waals surface area (Å²) in [5, 5.41) is 0. The zero-order valence-corrected chi connectivity index (χ0v) is 9.57. The van der Waals surface area contributed by atoms with Gasteiger partial charge in [0.15, 0.2) is 0 Å². The smallest absolute Gasteiger partial charge is 0.452 e. The Bertz CT molecular complexity index is 284. The van der Waals surface area contributed by atoms with Gasteiger partial charge in [-0.2, -0.15) is 17.6 Å². The van der Waals surface area contributed by atoms with E-state index in [1.165, 1.54) is 0 Å². The largest absolute Gasteiger partial charge is 0.487 e. The van der Waals surface area contributed by atoms with Crippen LogP contribution in [0.4, 0.5) is 17.6 Å². The van der Waals surface area contributed by atoms with Gasteiger partial charge in [0.2, 0.25) is 5.76 Å². The summed E-state index contributed by atoms with van der Waals surface area (Å²) in [6.45, 7) is 2.71. The maximum absolute atomic E-state index is 13.2. The molecule has 0 aliphatic rings. The maximum Gasteiger partial charge on any atom is 0.452 e. The van der Waals surface area contributed by atoms with Crippen LogP contribution in [0.15, 0.2) is 11.6 Å². The average Bonchev–Trinajstić information content (AvgIpc) is 2.24. The van der Waals surface area contributed by atoms with Crippen molar-refractivity contribution >= 4 is 5.97 Å². The number of ether oxygens (including phenoxy) is 2. The monoisotopic (exact) mass is 258 g/mol. The van der Waals surface area contributed by atoms with E-state index in [2.05, 4.69) is 9.47 Å². The molecule has 0 aromatic rings. The molecule has 0 fully saturated rings. The predicted molar refractivity (Wildman–Crippen MR) is 51.7 cm³/mol. The Labute approximate surface area is 96.4 Å². The quantitative estimate of drug-likeness (QED) is 0.318. The molecule has 0 unspecified atom stereocenters. The normalized spacial score (nSPS) is 13.1. The zero-order valence-electron chi connectivity index (χ0n) is 9.57. The summed E-state index contributed by atoms with van der Waals surface area (Å²) in [4.78, 5) is 10.9. The van der Waals surface area contributed by atoms with Crippen molar-refractivity contribution in [3.8, 4) is 0 Å². The fourth-order valence-electron chi connectivity index (χ4n) is 0.825. The lowest BCUT2D eigenvalue weighted by Gasteiger charge is -2.13. The molecule has 0 saturated heterocycles. The van der Waals surface area contributed by atoms with Crippen molar-refractivity contribution in [2.45, 2.75) is 32.9 Å². The molecule has 0 heterocycles. The van der Waals surface area contributed by atoms with Crippen molar-refractivity contribution in [1.82, 2.24) is 0 Å². The van der Waals surface area contributed by atoms with Gasteiger partial charge < -0.3 is 9.47 Å². The molecule has 3 nitrogen and oxygen atoms in total. The second-order valence-corrected chi connectivity index (χ2v) is 3.13. The van der Waals surface area contributed by atoms with Gasteiger partial charge in [-0.15, -0.1) is 0 Å². The standard InChI is InChI=1S/C10H14F4O3/c1-3-5-16-8(10(12,13)14)7(11)9(15)17-6-4-2/h3-6H2,1-2H3/b8-7+. The van der Waals surface area contributed by atoms with Gasteiger partial charge in [-0.1, -0.05) is 13.8 Å². The Morgan fingerprint density at radius 3 is 1.94 bits per heavy atom. The van der Waals surface area contributed by atoms with E-state index in [-0.39, 0.29) is 19.6 Å². The van der Waals surface area contributed by atoms with Gasteiger partial charge in [0.05, 0.1) is 13.2 Å². The Balaban J connectivity index is 4.89. The van der Waals surface area contributed by atoms with E-state index in [9.17, 15) is 22.4 Å². The van der Waals surface area contributed by atoms with Crippen LogP contribution < -0.4 is 0 Å². The molecule has 100 valence electrons. The summed E-state index contributed by atoms with van der Waals surface area (Å²) in [5.41, 5.74) is 0. The first-order valence-electron chi connectivity index (χ1n) is 5.11.